The number of carboxylic acids is 1. The van der Waals surface area contributed by atoms with Crippen LogP contribution < -0.4 is 5.32 Å². The first-order valence-electron chi connectivity index (χ1n) is 6.67. The lowest BCUT2D eigenvalue weighted by atomic mass is 9.78. The molecule has 0 radical (unpaired) electrons. The first-order chi connectivity index (χ1) is 8.61. The highest BCUT2D eigenvalue weighted by Crippen LogP contribution is 2.31. The van der Waals surface area contributed by atoms with Crippen molar-refractivity contribution < 1.29 is 19.4 Å². The fourth-order valence-electron chi connectivity index (χ4n) is 2.92. The molecule has 0 unspecified atom stereocenters. The van der Waals surface area contributed by atoms with E-state index in [1.807, 2.05) is 0 Å². The highest BCUT2D eigenvalue weighted by Gasteiger charge is 2.38. The Hall–Kier alpha value is -1.10. The quantitative estimate of drug-likeness (QED) is 0.790. The van der Waals surface area contributed by atoms with Crippen molar-refractivity contribution in [3.05, 3.63) is 0 Å². The highest BCUT2D eigenvalue weighted by atomic mass is 16.5. The maximum Gasteiger partial charge on any atom is 0.307 e. The molecule has 0 aromatic carbocycles. The first-order valence-corrected chi connectivity index (χ1v) is 6.67. The van der Waals surface area contributed by atoms with E-state index in [1.165, 1.54) is 0 Å². The molecule has 102 valence electrons. The Morgan fingerprint density at radius 2 is 1.78 bits per heavy atom. The van der Waals surface area contributed by atoms with Crippen LogP contribution in [0.15, 0.2) is 0 Å². The van der Waals surface area contributed by atoms with Gasteiger partial charge in [0.05, 0.1) is 17.9 Å². The molecule has 2 N–H and O–H groups in total. The second-order valence-corrected chi connectivity index (χ2v) is 5.37. The normalized spacial score (nSPS) is 35.6. The van der Waals surface area contributed by atoms with E-state index in [9.17, 15) is 9.59 Å². The molecule has 2 aliphatic rings. The number of carbonyl (C=O) groups is 2. The summed E-state index contributed by atoms with van der Waals surface area (Å²) in [6.45, 7) is 0. The van der Waals surface area contributed by atoms with Crippen molar-refractivity contribution in [2.45, 2.75) is 50.7 Å². The molecule has 1 amide bonds. The summed E-state index contributed by atoms with van der Waals surface area (Å²) in [6, 6.07) is 0.166. The van der Waals surface area contributed by atoms with Gasteiger partial charge in [0.1, 0.15) is 0 Å². The van der Waals surface area contributed by atoms with Crippen LogP contribution >= 0.6 is 0 Å². The molecule has 0 aromatic heterocycles. The van der Waals surface area contributed by atoms with Crippen LogP contribution in [0.5, 0.6) is 0 Å². The zero-order chi connectivity index (χ0) is 13.1. The van der Waals surface area contributed by atoms with Gasteiger partial charge in [0.2, 0.25) is 5.91 Å². The van der Waals surface area contributed by atoms with Gasteiger partial charge in [-0.05, 0) is 25.7 Å². The van der Waals surface area contributed by atoms with Crippen LogP contribution in [-0.4, -0.2) is 36.2 Å². The lowest BCUT2D eigenvalue weighted by Crippen LogP contribution is -2.51. The van der Waals surface area contributed by atoms with Crippen LogP contribution in [0, 0.1) is 11.8 Å². The molecule has 2 saturated carbocycles. The Morgan fingerprint density at radius 3 is 2.33 bits per heavy atom. The van der Waals surface area contributed by atoms with Crippen LogP contribution in [0.1, 0.15) is 38.5 Å². The minimum absolute atomic E-state index is 0.0818. The fourth-order valence-corrected chi connectivity index (χ4v) is 2.92. The summed E-state index contributed by atoms with van der Waals surface area (Å²) < 4.78 is 5.16. The predicted octanol–water partition coefficient (Wildman–Crippen LogP) is 1.17. The number of aliphatic carboxylic acids is 1. The Bertz CT molecular complexity index is 325. The van der Waals surface area contributed by atoms with E-state index >= 15 is 0 Å². The molecule has 0 aromatic rings. The van der Waals surface area contributed by atoms with Crippen molar-refractivity contribution in [3.63, 3.8) is 0 Å². The topological polar surface area (TPSA) is 75.6 Å². The van der Waals surface area contributed by atoms with E-state index in [4.69, 9.17) is 9.84 Å². The molecule has 0 bridgehead atoms. The lowest BCUT2D eigenvalue weighted by molar-refractivity contribution is -0.149. The van der Waals surface area contributed by atoms with E-state index in [2.05, 4.69) is 5.32 Å². The van der Waals surface area contributed by atoms with Crippen molar-refractivity contribution in [1.29, 1.82) is 0 Å². The number of hydrogen-bond acceptors (Lipinski definition) is 3. The summed E-state index contributed by atoms with van der Waals surface area (Å²) in [5.74, 6) is -1.77. The average Bonchev–Trinajstić information content (AvgIpc) is 2.32. The molecule has 0 heterocycles. The Kier molecular flexibility index (Phi) is 4.22. The number of rotatable bonds is 4. The molecule has 2 atom stereocenters. The Morgan fingerprint density at radius 1 is 1.17 bits per heavy atom. The number of methoxy groups -OCH3 is 1. The van der Waals surface area contributed by atoms with Crippen LogP contribution in [0.3, 0.4) is 0 Å². The first kappa shape index (κ1) is 13.3. The maximum atomic E-state index is 12.1. The van der Waals surface area contributed by atoms with Gasteiger partial charge in [-0.1, -0.05) is 12.8 Å². The van der Waals surface area contributed by atoms with Crippen molar-refractivity contribution in [3.8, 4) is 0 Å². The highest BCUT2D eigenvalue weighted by molar-refractivity contribution is 5.85. The smallest absolute Gasteiger partial charge is 0.307 e. The number of carbonyl (C=O) groups excluding carboxylic acids is 1. The summed E-state index contributed by atoms with van der Waals surface area (Å²) in [6.07, 6.45) is 5.11. The molecular formula is C13H21NO4. The van der Waals surface area contributed by atoms with Crippen molar-refractivity contribution in [2.75, 3.05) is 7.11 Å². The fraction of sp³-hybridized carbons (Fsp3) is 0.846. The standard InChI is InChI=1S/C13H21NO4/c1-18-9-6-8(7-9)14-12(15)10-4-2-3-5-11(10)13(16)17/h8-11H,2-7H2,1H3,(H,14,15)(H,16,17)/t8?,9?,10-,11+/m1/s1. The number of ether oxygens (including phenoxy) is 1. The maximum absolute atomic E-state index is 12.1. The number of amides is 1. The van der Waals surface area contributed by atoms with E-state index in [0.29, 0.717) is 12.8 Å². The van der Waals surface area contributed by atoms with Crippen LogP contribution in [0.25, 0.3) is 0 Å². The largest absolute Gasteiger partial charge is 0.481 e. The number of carboxylic acid groups (broad SMARTS) is 1. The lowest BCUT2D eigenvalue weighted by Gasteiger charge is -2.36. The van der Waals surface area contributed by atoms with E-state index in [-0.39, 0.29) is 24.0 Å². The molecule has 5 heteroatoms. The van der Waals surface area contributed by atoms with E-state index in [1.54, 1.807) is 7.11 Å². The van der Waals surface area contributed by atoms with Gasteiger partial charge in [-0.25, -0.2) is 0 Å². The third kappa shape index (κ3) is 2.83. The van der Waals surface area contributed by atoms with Crippen molar-refractivity contribution in [2.24, 2.45) is 11.8 Å². The molecule has 5 nitrogen and oxygen atoms in total. The third-order valence-electron chi connectivity index (χ3n) is 4.19. The summed E-state index contributed by atoms with van der Waals surface area (Å²) in [5, 5.41) is 12.1. The molecule has 18 heavy (non-hydrogen) atoms. The SMILES string of the molecule is COC1CC(NC(=O)[C@@H]2CCCC[C@@H]2C(=O)O)C1. The minimum Gasteiger partial charge on any atom is -0.481 e. The van der Waals surface area contributed by atoms with Crippen LogP contribution in [0.2, 0.25) is 0 Å². The van der Waals surface area contributed by atoms with Gasteiger partial charge >= 0.3 is 5.97 Å². The zero-order valence-electron chi connectivity index (χ0n) is 10.7. The Balaban J connectivity index is 1.85. The monoisotopic (exact) mass is 255 g/mol. The third-order valence-corrected chi connectivity index (χ3v) is 4.19. The molecule has 0 saturated heterocycles. The van der Waals surface area contributed by atoms with E-state index in [0.717, 1.165) is 25.7 Å². The predicted molar refractivity (Wildman–Crippen MR) is 65.0 cm³/mol. The minimum atomic E-state index is -0.835. The summed E-state index contributed by atoms with van der Waals surface area (Å²) in [7, 11) is 1.67. The number of nitrogens with one attached hydrogen (secondary N) is 1. The second-order valence-electron chi connectivity index (χ2n) is 5.37. The molecule has 2 fully saturated rings. The van der Waals surface area contributed by atoms with Gasteiger partial charge in [0.15, 0.2) is 0 Å². The van der Waals surface area contributed by atoms with Gasteiger partial charge in [0.25, 0.3) is 0 Å². The van der Waals surface area contributed by atoms with Gasteiger partial charge in [-0.15, -0.1) is 0 Å². The average molecular weight is 255 g/mol. The van der Waals surface area contributed by atoms with Gasteiger partial charge in [0, 0.05) is 13.2 Å². The van der Waals surface area contributed by atoms with Gasteiger partial charge in [-0.2, -0.15) is 0 Å². The van der Waals surface area contributed by atoms with E-state index < -0.39 is 11.9 Å². The summed E-state index contributed by atoms with van der Waals surface area (Å²) >= 11 is 0. The summed E-state index contributed by atoms with van der Waals surface area (Å²) in [4.78, 5) is 23.2. The summed E-state index contributed by atoms with van der Waals surface area (Å²) in [5.41, 5.74) is 0. The second kappa shape index (κ2) is 5.69. The Labute approximate surface area is 107 Å². The van der Waals surface area contributed by atoms with Crippen LogP contribution in [0.4, 0.5) is 0 Å². The van der Waals surface area contributed by atoms with Crippen molar-refractivity contribution in [1.82, 2.24) is 5.32 Å². The van der Waals surface area contributed by atoms with Gasteiger partial charge < -0.3 is 15.2 Å². The molecular weight excluding hydrogens is 234 g/mol. The van der Waals surface area contributed by atoms with Crippen molar-refractivity contribution >= 4 is 11.9 Å². The molecule has 2 rings (SSSR count). The molecule has 0 aliphatic heterocycles. The molecule has 0 spiro atoms. The zero-order valence-corrected chi connectivity index (χ0v) is 10.7. The van der Waals surface area contributed by atoms with Gasteiger partial charge in [-0.3, -0.25) is 9.59 Å². The molecule has 2 aliphatic carbocycles. The van der Waals surface area contributed by atoms with Crippen LogP contribution in [-0.2, 0) is 14.3 Å². The number of hydrogen-bond donors (Lipinski definition) is 2.